The van der Waals surface area contributed by atoms with Gasteiger partial charge in [0.1, 0.15) is 5.82 Å². The SMILES string of the molecule is CC(C)C1CC(O)(Cc2ccc(F)cc2)C1. The van der Waals surface area contributed by atoms with E-state index in [1.54, 1.807) is 12.1 Å². The molecule has 1 aliphatic rings. The maximum Gasteiger partial charge on any atom is 0.123 e. The highest BCUT2D eigenvalue weighted by molar-refractivity contribution is 5.19. The van der Waals surface area contributed by atoms with Gasteiger partial charge in [0.2, 0.25) is 0 Å². The van der Waals surface area contributed by atoms with Gasteiger partial charge in [0, 0.05) is 6.42 Å². The number of hydrogen-bond donors (Lipinski definition) is 1. The van der Waals surface area contributed by atoms with Gasteiger partial charge in [-0.2, -0.15) is 0 Å². The van der Waals surface area contributed by atoms with E-state index < -0.39 is 5.60 Å². The van der Waals surface area contributed by atoms with Crippen LogP contribution in [0.15, 0.2) is 24.3 Å². The Morgan fingerprint density at radius 3 is 2.38 bits per heavy atom. The Morgan fingerprint density at radius 1 is 1.31 bits per heavy atom. The first-order chi connectivity index (χ1) is 7.48. The molecule has 1 fully saturated rings. The molecule has 1 nitrogen and oxygen atoms in total. The van der Waals surface area contributed by atoms with Crippen LogP contribution < -0.4 is 0 Å². The zero-order chi connectivity index (χ0) is 11.8. The quantitative estimate of drug-likeness (QED) is 0.833. The van der Waals surface area contributed by atoms with Crippen LogP contribution >= 0.6 is 0 Å². The molecule has 0 aromatic heterocycles. The Hall–Kier alpha value is -0.890. The first-order valence-corrected chi connectivity index (χ1v) is 5.95. The van der Waals surface area contributed by atoms with Crippen molar-refractivity contribution in [2.75, 3.05) is 0 Å². The molecule has 0 atom stereocenters. The van der Waals surface area contributed by atoms with E-state index in [-0.39, 0.29) is 5.82 Å². The van der Waals surface area contributed by atoms with Crippen molar-refractivity contribution in [1.29, 1.82) is 0 Å². The molecule has 1 aromatic carbocycles. The van der Waals surface area contributed by atoms with Crippen LogP contribution in [0, 0.1) is 17.7 Å². The van der Waals surface area contributed by atoms with Crippen LogP contribution in [-0.2, 0) is 6.42 Å². The van der Waals surface area contributed by atoms with Gasteiger partial charge in [-0.1, -0.05) is 26.0 Å². The van der Waals surface area contributed by atoms with Crippen molar-refractivity contribution >= 4 is 0 Å². The van der Waals surface area contributed by atoms with Gasteiger partial charge >= 0.3 is 0 Å². The van der Waals surface area contributed by atoms with E-state index in [0.29, 0.717) is 18.3 Å². The Labute approximate surface area is 96.3 Å². The minimum absolute atomic E-state index is 0.218. The van der Waals surface area contributed by atoms with Crippen molar-refractivity contribution in [3.63, 3.8) is 0 Å². The summed E-state index contributed by atoms with van der Waals surface area (Å²) < 4.78 is 12.7. The molecular formula is C14H19FO. The Balaban J connectivity index is 1.94. The van der Waals surface area contributed by atoms with E-state index in [2.05, 4.69) is 13.8 Å². The van der Waals surface area contributed by atoms with E-state index in [1.807, 2.05) is 0 Å². The van der Waals surface area contributed by atoms with E-state index in [9.17, 15) is 9.50 Å². The molecule has 2 heteroatoms. The molecule has 2 rings (SSSR count). The Bertz CT molecular complexity index is 350. The Morgan fingerprint density at radius 2 is 1.88 bits per heavy atom. The minimum atomic E-state index is -0.549. The van der Waals surface area contributed by atoms with Crippen LogP contribution in [0.4, 0.5) is 4.39 Å². The van der Waals surface area contributed by atoms with E-state index in [4.69, 9.17) is 0 Å². The zero-order valence-corrected chi connectivity index (χ0v) is 9.91. The van der Waals surface area contributed by atoms with Crippen molar-refractivity contribution < 1.29 is 9.50 Å². The standard InChI is InChI=1S/C14H19FO/c1-10(2)12-8-14(16,9-12)7-11-3-5-13(15)6-4-11/h3-6,10,12,16H,7-9H2,1-2H3. The van der Waals surface area contributed by atoms with Crippen molar-refractivity contribution in [3.8, 4) is 0 Å². The predicted molar refractivity (Wildman–Crippen MR) is 62.6 cm³/mol. The maximum atomic E-state index is 12.7. The van der Waals surface area contributed by atoms with Gasteiger partial charge in [-0.3, -0.25) is 0 Å². The maximum absolute atomic E-state index is 12.7. The summed E-state index contributed by atoms with van der Waals surface area (Å²) in [5.41, 5.74) is 0.471. The molecule has 0 spiro atoms. The van der Waals surface area contributed by atoms with Crippen molar-refractivity contribution in [1.82, 2.24) is 0 Å². The average Bonchev–Trinajstić information content (AvgIpc) is 2.17. The number of hydrogen-bond acceptors (Lipinski definition) is 1. The summed E-state index contributed by atoms with van der Waals surface area (Å²) in [5, 5.41) is 10.3. The zero-order valence-electron chi connectivity index (χ0n) is 9.91. The van der Waals surface area contributed by atoms with Crippen molar-refractivity contribution in [2.45, 2.75) is 38.7 Å². The molecule has 16 heavy (non-hydrogen) atoms. The first-order valence-electron chi connectivity index (χ1n) is 5.95. The smallest absolute Gasteiger partial charge is 0.123 e. The second kappa shape index (κ2) is 4.17. The monoisotopic (exact) mass is 222 g/mol. The fourth-order valence-electron chi connectivity index (χ4n) is 2.51. The third-order valence-electron chi connectivity index (χ3n) is 3.67. The summed E-state index contributed by atoms with van der Waals surface area (Å²) in [6.07, 6.45) is 2.40. The molecule has 0 saturated heterocycles. The summed E-state index contributed by atoms with van der Waals surface area (Å²) in [7, 11) is 0. The van der Waals surface area contributed by atoms with Gasteiger partial charge in [-0.25, -0.2) is 4.39 Å². The summed E-state index contributed by atoms with van der Waals surface area (Å²) in [4.78, 5) is 0. The molecule has 0 amide bonds. The van der Waals surface area contributed by atoms with Crippen LogP contribution in [0.1, 0.15) is 32.3 Å². The molecule has 1 aliphatic carbocycles. The lowest BCUT2D eigenvalue weighted by atomic mass is 9.64. The van der Waals surface area contributed by atoms with Gasteiger partial charge < -0.3 is 5.11 Å². The van der Waals surface area contributed by atoms with E-state index in [1.165, 1.54) is 12.1 Å². The fourth-order valence-corrected chi connectivity index (χ4v) is 2.51. The third kappa shape index (κ3) is 2.43. The molecule has 88 valence electrons. The van der Waals surface area contributed by atoms with Crippen LogP contribution in [0.2, 0.25) is 0 Å². The largest absolute Gasteiger partial charge is 0.390 e. The minimum Gasteiger partial charge on any atom is -0.390 e. The van der Waals surface area contributed by atoms with E-state index in [0.717, 1.165) is 18.4 Å². The molecule has 0 aliphatic heterocycles. The first kappa shape index (κ1) is 11.6. The van der Waals surface area contributed by atoms with Gasteiger partial charge in [-0.05, 0) is 42.4 Å². The molecule has 0 bridgehead atoms. The Kier molecular flexibility index (Phi) is 3.02. The molecule has 0 heterocycles. The lowest BCUT2D eigenvalue weighted by Gasteiger charge is -2.46. The molecule has 1 aromatic rings. The summed E-state index contributed by atoms with van der Waals surface area (Å²) in [5.74, 6) is 1.07. The molecule has 0 radical (unpaired) electrons. The van der Waals surface area contributed by atoms with Gasteiger partial charge in [0.25, 0.3) is 0 Å². The molecule has 0 unspecified atom stereocenters. The second-order valence-electron chi connectivity index (χ2n) is 5.44. The predicted octanol–water partition coefficient (Wildman–Crippen LogP) is 3.17. The molecular weight excluding hydrogens is 203 g/mol. The highest BCUT2D eigenvalue weighted by atomic mass is 19.1. The number of rotatable bonds is 3. The lowest BCUT2D eigenvalue weighted by molar-refractivity contribution is -0.0860. The highest BCUT2D eigenvalue weighted by Gasteiger charge is 2.43. The number of benzene rings is 1. The average molecular weight is 222 g/mol. The van der Waals surface area contributed by atoms with Crippen LogP contribution in [0.3, 0.4) is 0 Å². The van der Waals surface area contributed by atoms with Gasteiger partial charge in [0.15, 0.2) is 0 Å². The van der Waals surface area contributed by atoms with Gasteiger partial charge in [0.05, 0.1) is 5.60 Å². The van der Waals surface area contributed by atoms with Crippen LogP contribution in [-0.4, -0.2) is 10.7 Å². The third-order valence-corrected chi connectivity index (χ3v) is 3.67. The summed E-state index contributed by atoms with van der Waals surface area (Å²) in [6, 6.07) is 6.43. The second-order valence-corrected chi connectivity index (χ2v) is 5.44. The molecule has 1 N–H and O–H groups in total. The normalized spacial score (nSPS) is 29.2. The molecule has 1 saturated carbocycles. The highest BCUT2D eigenvalue weighted by Crippen LogP contribution is 2.43. The van der Waals surface area contributed by atoms with Crippen LogP contribution in [0.5, 0.6) is 0 Å². The van der Waals surface area contributed by atoms with Crippen LogP contribution in [0.25, 0.3) is 0 Å². The summed E-state index contributed by atoms with van der Waals surface area (Å²) >= 11 is 0. The fraction of sp³-hybridized carbons (Fsp3) is 0.571. The van der Waals surface area contributed by atoms with Crippen molar-refractivity contribution in [2.24, 2.45) is 11.8 Å². The van der Waals surface area contributed by atoms with E-state index >= 15 is 0 Å². The topological polar surface area (TPSA) is 20.2 Å². The lowest BCUT2D eigenvalue weighted by Crippen LogP contribution is -2.47. The van der Waals surface area contributed by atoms with Gasteiger partial charge in [-0.15, -0.1) is 0 Å². The number of halogens is 1. The van der Waals surface area contributed by atoms with Crippen molar-refractivity contribution in [3.05, 3.63) is 35.6 Å². The summed E-state index contributed by atoms with van der Waals surface area (Å²) in [6.45, 7) is 4.39. The number of aliphatic hydroxyl groups is 1.